The highest BCUT2D eigenvalue weighted by atomic mass is 16.5. The third kappa shape index (κ3) is 3.14. The van der Waals surface area contributed by atoms with Crippen LogP contribution in [0.15, 0.2) is 42.5 Å². The highest BCUT2D eigenvalue weighted by molar-refractivity contribution is 6.00. The summed E-state index contributed by atoms with van der Waals surface area (Å²) in [7, 11) is 1.60. The van der Waals surface area contributed by atoms with Gasteiger partial charge in [-0.15, -0.1) is 0 Å². The summed E-state index contributed by atoms with van der Waals surface area (Å²) in [5.74, 6) is 0.848. The molecule has 27 heavy (non-hydrogen) atoms. The van der Waals surface area contributed by atoms with E-state index in [4.69, 9.17) is 10.5 Å². The molecule has 6 heteroatoms. The van der Waals surface area contributed by atoms with Gasteiger partial charge in [0.25, 0.3) is 0 Å². The third-order valence-electron chi connectivity index (χ3n) is 4.94. The molecule has 0 bridgehead atoms. The van der Waals surface area contributed by atoms with Gasteiger partial charge in [-0.25, -0.2) is 15.0 Å². The molecule has 0 fully saturated rings. The zero-order valence-electron chi connectivity index (χ0n) is 15.3. The Morgan fingerprint density at radius 1 is 1.04 bits per heavy atom. The van der Waals surface area contributed by atoms with Crippen LogP contribution in [0, 0.1) is 6.92 Å². The Morgan fingerprint density at radius 3 is 2.67 bits per heavy atom. The molecule has 3 aromatic rings. The Kier molecular flexibility index (Phi) is 4.32. The van der Waals surface area contributed by atoms with E-state index in [1.807, 2.05) is 43.3 Å². The predicted octanol–water partition coefficient (Wildman–Crippen LogP) is 3.35. The molecular weight excluding hydrogens is 340 g/mol. The zero-order valence-corrected chi connectivity index (χ0v) is 15.3. The van der Waals surface area contributed by atoms with Crippen molar-refractivity contribution in [3.63, 3.8) is 0 Å². The molecule has 4 rings (SSSR count). The summed E-state index contributed by atoms with van der Waals surface area (Å²) in [5, 5.41) is 0. The number of pyridine rings is 1. The lowest BCUT2D eigenvalue weighted by Crippen LogP contribution is -2.23. The summed E-state index contributed by atoms with van der Waals surface area (Å²) < 4.78 is 5.26. The highest BCUT2D eigenvalue weighted by Gasteiger charge is 2.31. The number of hydrogen-bond acceptors (Lipinski definition) is 6. The molecule has 0 spiro atoms. The number of aryl methyl sites for hydroxylation is 1. The smallest absolute Gasteiger partial charge is 0.220 e. The molecule has 0 aliphatic heterocycles. The number of anilines is 1. The Morgan fingerprint density at radius 2 is 1.85 bits per heavy atom. The molecule has 0 saturated carbocycles. The van der Waals surface area contributed by atoms with Crippen molar-refractivity contribution in [2.75, 3.05) is 12.8 Å². The van der Waals surface area contributed by atoms with Crippen molar-refractivity contribution >= 4 is 11.7 Å². The minimum atomic E-state index is 0.0166. The van der Waals surface area contributed by atoms with Gasteiger partial charge in [0.05, 0.1) is 29.8 Å². The third-order valence-corrected chi connectivity index (χ3v) is 4.94. The standard InChI is InChI=1S/C21H20N4O2/c1-12-20-17(25-21(22)23-12)10-13(11-18(20)26)14-6-3-4-7-15(14)16-8-5-9-19(24-16)27-2/h3-9,13H,10-11H2,1-2H3,(H2,22,23,25). The number of ether oxygens (including phenoxy) is 1. The first-order chi connectivity index (χ1) is 13.1. The molecule has 2 aromatic heterocycles. The van der Waals surface area contributed by atoms with E-state index in [0.29, 0.717) is 30.0 Å². The van der Waals surface area contributed by atoms with E-state index in [-0.39, 0.29) is 17.6 Å². The number of carbonyl (C=O) groups is 1. The molecular formula is C21H20N4O2. The minimum Gasteiger partial charge on any atom is -0.481 e. The van der Waals surface area contributed by atoms with E-state index in [9.17, 15) is 4.79 Å². The number of aromatic nitrogens is 3. The summed E-state index contributed by atoms with van der Waals surface area (Å²) in [4.78, 5) is 25.8. The Bertz CT molecular complexity index is 1030. The molecule has 1 atom stereocenters. The van der Waals surface area contributed by atoms with Crippen LogP contribution in [0.25, 0.3) is 11.3 Å². The summed E-state index contributed by atoms with van der Waals surface area (Å²) in [6.45, 7) is 1.81. The number of hydrogen-bond donors (Lipinski definition) is 1. The number of fused-ring (bicyclic) bond motifs is 1. The van der Waals surface area contributed by atoms with Crippen LogP contribution in [-0.2, 0) is 6.42 Å². The van der Waals surface area contributed by atoms with Crippen LogP contribution < -0.4 is 10.5 Å². The molecule has 136 valence electrons. The average molecular weight is 360 g/mol. The maximum atomic E-state index is 12.8. The van der Waals surface area contributed by atoms with Crippen molar-refractivity contribution in [2.24, 2.45) is 0 Å². The van der Waals surface area contributed by atoms with Crippen LogP contribution >= 0.6 is 0 Å². The first-order valence-electron chi connectivity index (χ1n) is 8.83. The second kappa shape index (κ2) is 6.79. The van der Waals surface area contributed by atoms with Gasteiger partial charge < -0.3 is 10.5 Å². The topological polar surface area (TPSA) is 91.0 Å². The molecule has 0 radical (unpaired) electrons. The summed E-state index contributed by atoms with van der Waals surface area (Å²) in [5.41, 5.74) is 10.7. The van der Waals surface area contributed by atoms with Crippen molar-refractivity contribution in [2.45, 2.75) is 25.7 Å². The second-order valence-electron chi connectivity index (χ2n) is 6.67. The van der Waals surface area contributed by atoms with Gasteiger partial charge in [-0.1, -0.05) is 30.3 Å². The lowest BCUT2D eigenvalue weighted by molar-refractivity contribution is 0.0962. The van der Waals surface area contributed by atoms with Gasteiger partial charge in [-0.2, -0.15) is 0 Å². The molecule has 0 saturated heterocycles. The lowest BCUT2D eigenvalue weighted by Gasteiger charge is -2.26. The number of Topliss-reactive ketones (excluding diaryl/α,β-unsaturated/α-hetero) is 1. The maximum absolute atomic E-state index is 12.8. The van der Waals surface area contributed by atoms with Crippen LogP contribution in [0.3, 0.4) is 0 Å². The van der Waals surface area contributed by atoms with E-state index in [0.717, 1.165) is 22.5 Å². The van der Waals surface area contributed by atoms with Crippen LogP contribution in [0.2, 0.25) is 0 Å². The molecule has 1 aromatic carbocycles. The quantitative estimate of drug-likeness (QED) is 0.770. The van der Waals surface area contributed by atoms with E-state index < -0.39 is 0 Å². The van der Waals surface area contributed by atoms with Crippen molar-refractivity contribution in [1.29, 1.82) is 0 Å². The van der Waals surface area contributed by atoms with Crippen molar-refractivity contribution < 1.29 is 9.53 Å². The minimum absolute atomic E-state index is 0.0166. The SMILES string of the molecule is COc1cccc(-c2ccccc2C2CC(=O)c3c(C)nc(N)nc3C2)n1. The fourth-order valence-electron chi connectivity index (χ4n) is 3.78. The van der Waals surface area contributed by atoms with Crippen molar-refractivity contribution in [3.05, 3.63) is 65.0 Å². The molecule has 1 aliphatic carbocycles. The monoisotopic (exact) mass is 360 g/mol. The Labute approximate surface area is 157 Å². The second-order valence-corrected chi connectivity index (χ2v) is 6.67. The van der Waals surface area contributed by atoms with Gasteiger partial charge in [-0.05, 0) is 30.9 Å². The molecule has 2 N–H and O–H groups in total. The number of methoxy groups -OCH3 is 1. The highest BCUT2D eigenvalue weighted by Crippen LogP contribution is 2.37. The predicted molar refractivity (Wildman–Crippen MR) is 103 cm³/mol. The molecule has 1 aliphatic rings. The number of ketones is 1. The van der Waals surface area contributed by atoms with Crippen LogP contribution in [-0.4, -0.2) is 27.8 Å². The Balaban J connectivity index is 1.78. The molecule has 6 nitrogen and oxygen atoms in total. The molecule has 2 heterocycles. The average Bonchev–Trinajstić information content (AvgIpc) is 2.67. The first kappa shape index (κ1) is 17.1. The maximum Gasteiger partial charge on any atom is 0.220 e. The van der Waals surface area contributed by atoms with Crippen LogP contribution in [0.5, 0.6) is 5.88 Å². The summed E-state index contributed by atoms with van der Waals surface area (Å²) >= 11 is 0. The van der Waals surface area contributed by atoms with Gasteiger partial charge in [0, 0.05) is 18.1 Å². The number of nitrogens with two attached hydrogens (primary N) is 1. The molecule has 0 amide bonds. The summed E-state index contributed by atoms with van der Waals surface area (Å²) in [6.07, 6.45) is 1.07. The molecule has 1 unspecified atom stereocenters. The largest absolute Gasteiger partial charge is 0.481 e. The Hall–Kier alpha value is -3.28. The van der Waals surface area contributed by atoms with Crippen LogP contribution in [0.4, 0.5) is 5.95 Å². The van der Waals surface area contributed by atoms with E-state index in [1.165, 1.54) is 0 Å². The number of rotatable bonds is 3. The van der Waals surface area contributed by atoms with Crippen molar-refractivity contribution in [1.82, 2.24) is 15.0 Å². The van der Waals surface area contributed by atoms with Crippen molar-refractivity contribution in [3.8, 4) is 17.1 Å². The number of benzene rings is 1. The van der Waals surface area contributed by atoms with Gasteiger partial charge in [0.2, 0.25) is 11.8 Å². The summed E-state index contributed by atoms with van der Waals surface area (Å²) in [6, 6.07) is 13.7. The normalized spacial score (nSPS) is 16.1. The fraction of sp³-hybridized carbons (Fsp3) is 0.238. The van der Waals surface area contributed by atoms with E-state index >= 15 is 0 Å². The number of nitrogen functional groups attached to an aromatic ring is 1. The van der Waals surface area contributed by atoms with Crippen LogP contribution in [0.1, 0.15) is 39.6 Å². The van der Waals surface area contributed by atoms with E-state index in [2.05, 4.69) is 21.0 Å². The zero-order chi connectivity index (χ0) is 19.0. The fourth-order valence-corrected chi connectivity index (χ4v) is 3.78. The van der Waals surface area contributed by atoms with E-state index in [1.54, 1.807) is 7.11 Å². The lowest BCUT2D eigenvalue weighted by atomic mass is 9.79. The van der Waals surface area contributed by atoms with Gasteiger partial charge in [0.15, 0.2) is 5.78 Å². The number of carbonyl (C=O) groups excluding carboxylic acids is 1. The first-order valence-corrected chi connectivity index (χ1v) is 8.83. The van der Waals surface area contributed by atoms with Gasteiger partial charge in [0.1, 0.15) is 0 Å². The van der Waals surface area contributed by atoms with Gasteiger partial charge >= 0.3 is 0 Å². The van der Waals surface area contributed by atoms with Gasteiger partial charge in [-0.3, -0.25) is 4.79 Å². The number of nitrogens with zero attached hydrogens (tertiary/aromatic N) is 3.